The molecule has 0 aromatic heterocycles. The highest BCUT2D eigenvalue weighted by Gasteiger charge is 2.13. The number of carbonyl (C=O) groups excluding carboxylic acids is 1. The van der Waals surface area contributed by atoms with Gasteiger partial charge in [-0.2, -0.15) is 0 Å². The number of ether oxygens (including phenoxy) is 1. The van der Waals surface area contributed by atoms with Crippen molar-refractivity contribution in [2.75, 3.05) is 20.2 Å². The molecule has 0 fully saturated rings. The first-order valence-corrected chi connectivity index (χ1v) is 3.83. The maximum absolute atomic E-state index is 11.2. The molecule has 0 aromatic rings. The van der Waals surface area contributed by atoms with Crippen LogP contribution in [-0.2, 0) is 9.53 Å². The van der Waals surface area contributed by atoms with Gasteiger partial charge in [0.25, 0.3) is 0 Å². The summed E-state index contributed by atoms with van der Waals surface area (Å²) in [7, 11) is 1.84. The van der Waals surface area contributed by atoms with Crippen LogP contribution in [0, 0.1) is 0 Å². The van der Waals surface area contributed by atoms with Gasteiger partial charge in [0, 0.05) is 25.0 Å². The molecular weight excluding hydrogens is 142 g/mol. The molecule has 0 bridgehead atoms. The molecule has 0 radical (unpaired) electrons. The topological polar surface area (TPSA) is 38.3 Å². The van der Waals surface area contributed by atoms with Crippen molar-refractivity contribution in [3.05, 3.63) is 11.8 Å². The molecule has 11 heavy (non-hydrogen) atoms. The minimum Gasteiger partial charge on any atom is -0.500 e. The molecule has 0 saturated carbocycles. The first kappa shape index (κ1) is 8.27. The highest BCUT2D eigenvalue weighted by atomic mass is 16.5. The van der Waals surface area contributed by atoms with Gasteiger partial charge in [0.1, 0.15) is 0 Å². The van der Waals surface area contributed by atoms with E-state index in [9.17, 15) is 4.79 Å². The molecule has 1 heterocycles. The Kier molecular flexibility index (Phi) is 3.11. The van der Waals surface area contributed by atoms with Crippen LogP contribution in [0.3, 0.4) is 0 Å². The van der Waals surface area contributed by atoms with Crippen molar-refractivity contribution in [2.24, 2.45) is 0 Å². The number of nitrogens with one attached hydrogen (secondary N) is 1. The second kappa shape index (κ2) is 4.13. The molecular formula is C8H13NO2. The number of hydrogen-bond acceptors (Lipinski definition) is 3. The molecule has 0 aromatic carbocycles. The summed E-state index contributed by atoms with van der Waals surface area (Å²) >= 11 is 0. The first-order chi connectivity index (χ1) is 5.34. The summed E-state index contributed by atoms with van der Waals surface area (Å²) in [5.41, 5.74) is 0.834. The SMILES string of the molecule is CNCCC(=O)C1=COCC1. The van der Waals surface area contributed by atoms with Gasteiger partial charge >= 0.3 is 0 Å². The molecule has 0 aliphatic carbocycles. The van der Waals surface area contributed by atoms with Crippen LogP contribution in [0.15, 0.2) is 11.8 Å². The summed E-state index contributed by atoms with van der Waals surface area (Å²) < 4.78 is 4.95. The van der Waals surface area contributed by atoms with E-state index < -0.39 is 0 Å². The van der Waals surface area contributed by atoms with Gasteiger partial charge in [0.05, 0.1) is 12.9 Å². The number of rotatable bonds is 4. The zero-order valence-corrected chi connectivity index (χ0v) is 6.72. The van der Waals surface area contributed by atoms with E-state index in [2.05, 4.69) is 5.32 Å². The fourth-order valence-electron chi connectivity index (χ4n) is 0.992. The van der Waals surface area contributed by atoms with Crippen molar-refractivity contribution < 1.29 is 9.53 Å². The normalized spacial score (nSPS) is 15.9. The maximum atomic E-state index is 11.2. The lowest BCUT2D eigenvalue weighted by atomic mass is 10.1. The highest BCUT2D eigenvalue weighted by Crippen LogP contribution is 2.12. The predicted molar refractivity (Wildman–Crippen MR) is 42.2 cm³/mol. The molecule has 62 valence electrons. The molecule has 3 heteroatoms. The Balaban J connectivity index is 2.29. The Morgan fingerprint density at radius 3 is 3.18 bits per heavy atom. The number of Topliss-reactive ketones (excluding diaryl/α,β-unsaturated/α-hetero) is 1. The van der Waals surface area contributed by atoms with Crippen molar-refractivity contribution in [1.29, 1.82) is 0 Å². The van der Waals surface area contributed by atoms with E-state index in [1.54, 1.807) is 6.26 Å². The quantitative estimate of drug-likeness (QED) is 0.641. The van der Waals surface area contributed by atoms with Crippen LogP contribution in [-0.4, -0.2) is 26.0 Å². The van der Waals surface area contributed by atoms with Crippen LogP contribution in [0.2, 0.25) is 0 Å². The third-order valence-corrected chi connectivity index (χ3v) is 1.68. The molecule has 0 amide bonds. The average Bonchev–Trinajstić information content (AvgIpc) is 2.52. The van der Waals surface area contributed by atoms with Gasteiger partial charge < -0.3 is 10.1 Å². The minimum absolute atomic E-state index is 0.205. The van der Waals surface area contributed by atoms with Gasteiger partial charge in [0.2, 0.25) is 0 Å². The van der Waals surface area contributed by atoms with E-state index in [4.69, 9.17) is 4.74 Å². The Morgan fingerprint density at radius 2 is 2.64 bits per heavy atom. The van der Waals surface area contributed by atoms with Gasteiger partial charge in [0.15, 0.2) is 5.78 Å². The molecule has 1 rings (SSSR count). The van der Waals surface area contributed by atoms with Crippen LogP contribution in [0.5, 0.6) is 0 Å². The van der Waals surface area contributed by atoms with E-state index in [0.717, 1.165) is 18.5 Å². The molecule has 1 aliphatic rings. The standard InChI is InChI=1S/C8H13NO2/c1-9-4-2-8(10)7-3-5-11-6-7/h6,9H,2-5H2,1H3. The molecule has 0 atom stereocenters. The summed E-state index contributed by atoms with van der Waals surface area (Å²) in [5.74, 6) is 0.205. The molecule has 1 aliphatic heterocycles. The van der Waals surface area contributed by atoms with E-state index in [1.807, 2.05) is 7.05 Å². The lowest BCUT2D eigenvalue weighted by Crippen LogP contribution is -2.13. The highest BCUT2D eigenvalue weighted by molar-refractivity contribution is 5.95. The van der Waals surface area contributed by atoms with Gasteiger partial charge in [-0.05, 0) is 7.05 Å². The van der Waals surface area contributed by atoms with Crippen molar-refractivity contribution in [2.45, 2.75) is 12.8 Å². The van der Waals surface area contributed by atoms with Gasteiger partial charge in [-0.25, -0.2) is 0 Å². The Labute approximate surface area is 66.4 Å². The Bertz CT molecular complexity index is 175. The summed E-state index contributed by atoms with van der Waals surface area (Å²) in [4.78, 5) is 11.2. The monoisotopic (exact) mass is 155 g/mol. The smallest absolute Gasteiger partial charge is 0.163 e. The molecule has 3 nitrogen and oxygen atoms in total. The summed E-state index contributed by atoms with van der Waals surface area (Å²) in [6, 6.07) is 0. The number of hydrogen-bond donors (Lipinski definition) is 1. The Hall–Kier alpha value is -0.830. The lowest BCUT2D eigenvalue weighted by molar-refractivity contribution is -0.115. The van der Waals surface area contributed by atoms with Crippen LogP contribution in [0.25, 0.3) is 0 Å². The summed E-state index contributed by atoms with van der Waals surface area (Å²) in [6.45, 7) is 1.41. The second-order valence-electron chi connectivity index (χ2n) is 2.54. The van der Waals surface area contributed by atoms with E-state index in [0.29, 0.717) is 13.0 Å². The van der Waals surface area contributed by atoms with Crippen LogP contribution in [0.1, 0.15) is 12.8 Å². The third-order valence-electron chi connectivity index (χ3n) is 1.68. The minimum atomic E-state index is 0.205. The number of ketones is 1. The predicted octanol–water partition coefficient (Wildman–Crippen LogP) is 0.469. The van der Waals surface area contributed by atoms with Crippen LogP contribution >= 0.6 is 0 Å². The van der Waals surface area contributed by atoms with Gasteiger partial charge in [-0.15, -0.1) is 0 Å². The van der Waals surface area contributed by atoms with E-state index in [1.165, 1.54) is 0 Å². The lowest BCUT2D eigenvalue weighted by Gasteiger charge is -1.97. The van der Waals surface area contributed by atoms with Crippen molar-refractivity contribution >= 4 is 5.78 Å². The van der Waals surface area contributed by atoms with Crippen LogP contribution in [0.4, 0.5) is 0 Å². The molecule has 0 unspecified atom stereocenters. The molecule has 0 spiro atoms. The van der Waals surface area contributed by atoms with Gasteiger partial charge in [-0.1, -0.05) is 0 Å². The second-order valence-corrected chi connectivity index (χ2v) is 2.54. The van der Waals surface area contributed by atoms with Crippen molar-refractivity contribution in [3.63, 3.8) is 0 Å². The van der Waals surface area contributed by atoms with E-state index in [-0.39, 0.29) is 5.78 Å². The van der Waals surface area contributed by atoms with Crippen molar-refractivity contribution in [3.8, 4) is 0 Å². The van der Waals surface area contributed by atoms with Crippen LogP contribution < -0.4 is 5.32 Å². The van der Waals surface area contributed by atoms with E-state index >= 15 is 0 Å². The van der Waals surface area contributed by atoms with Gasteiger partial charge in [-0.3, -0.25) is 4.79 Å². The number of carbonyl (C=O) groups is 1. The van der Waals surface area contributed by atoms with Crippen molar-refractivity contribution in [1.82, 2.24) is 5.32 Å². The summed E-state index contributed by atoms with van der Waals surface area (Å²) in [6.07, 6.45) is 2.94. The Morgan fingerprint density at radius 1 is 1.82 bits per heavy atom. The largest absolute Gasteiger partial charge is 0.500 e. The molecule has 1 N–H and O–H groups in total. The zero-order chi connectivity index (χ0) is 8.10. The average molecular weight is 155 g/mol. The fraction of sp³-hybridized carbons (Fsp3) is 0.625. The summed E-state index contributed by atoms with van der Waals surface area (Å²) in [5, 5.41) is 2.93. The fourth-order valence-corrected chi connectivity index (χ4v) is 0.992. The third kappa shape index (κ3) is 2.35. The first-order valence-electron chi connectivity index (χ1n) is 3.83. The zero-order valence-electron chi connectivity index (χ0n) is 6.72. The maximum Gasteiger partial charge on any atom is 0.163 e. The molecule has 0 saturated heterocycles.